The molecule has 10 nitrogen and oxygen atoms in total. The van der Waals surface area contributed by atoms with E-state index in [1.807, 2.05) is 0 Å². The highest BCUT2D eigenvalue weighted by Crippen LogP contribution is 2.40. The maximum atomic E-state index is 11.0. The van der Waals surface area contributed by atoms with Crippen LogP contribution in [0.25, 0.3) is 0 Å². The Kier molecular flexibility index (Phi) is 5.42. The number of phosphoric acid groups is 1. The lowest BCUT2D eigenvalue weighted by Crippen LogP contribution is -2.64. The van der Waals surface area contributed by atoms with Gasteiger partial charge in [0.25, 0.3) is 0 Å². The van der Waals surface area contributed by atoms with Gasteiger partial charge < -0.3 is 35.2 Å². The molecule has 0 unspecified atom stereocenters. The van der Waals surface area contributed by atoms with Gasteiger partial charge in [0.15, 0.2) is 6.29 Å². The second-order valence-corrected chi connectivity index (χ2v) is 5.22. The Morgan fingerprint density at radius 1 is 1.37 bits per heavy atom. The summed E-state index contributed by atoms with van der Waals surface area (Å²) in [5.41, 5.74) is 0. The van der Waals surface area contributed by atoms with Crippen LogP contribution in [-0.4, -0.2) is 68.3 Å². The smallest absolute Gasteiger partial charge is 0.394 e. The highest BCUT2D eigenvalue weighted by atomic mass is 31.2. The molecule has 112 valence electrons. The van der Waals surface area contributed by atoms with Crippen molar-refractivity contribution in [3.63, 3.8) is 0 Å². The summed E-state index contributed by atoms with van der Waals surface area (Å²) < 4.78 is 20.0. The third-order valence-corrected chi connectivity index (χ3v) is 2.97. The van der Waals surface area contributed by atoms with E-state index in [1.54, 1.807) is 0 Å². The van der Waals surface area contributed by atoms with Crippen LogP contribution >= 0.6 is 7.82 Å². The van der Waals surface area contributed by atoms with Crippen LogP contribution in [0.4, 0.5) is 0 Å². The molecule has 6 N–H and O–H groups in total. The van der Waals surface area contributed by atoms with E-state index in [4.69, 9.17) is 19.6 Å². The minimum absolute atomic E-state index is 0.624. The van der Waals surface area contributed by atoms with E-state index in [-0.39, 0.29) is 0 Å². The average Bonchev–Trinajstić information content (AvgIpc) is 2.26. The molecule has 0 aromatic heterocycles. The van der Waals surface area contributed by atoms with Crippen LogP contribution in [0.5, 0.6) is 0 Å². The summed E-state index contributed by atoms with van der Waals surface area (Å²) >= 11 is 0. The van der Waals surface area contributed by atoms with Gasteiger partial charge in [-0.05, 0) is 0 Å². The molecule has 1 aliphatic rings. The van der Waals surface area contributed by atoms with Gasteiger partial charge in [-0.2, -0.15) is 0 Å². The van der Waals surface area contributed by atoms with Gasteiger partial charge >= 0.3 is 7.82 Å². The fourth-order valence-corrected chi connectivity index (χ4v) is 2.15. The number of aliphatic hydroxyl groups is 3. The van der Waals surface area contributed by atoms with Crippen LogP contribution in [0.3, 0.4) is 0 Å². The van der Waals surface area contributed by atoms with Crippen LogP contribution in [-0.2, 0) is 18.6 Å². The van der Waals surface area contributed by atoms with Gasteiger partial charge in [0.05, 0.1) is 6.61 Å². The monoisotopic (exact) mass is 301 g/mol. The van der Waals surface area contributed by atoms with E-state index in [0.29, 0.717) is 0 Å². The van der Waals surface area contributed by atoms with E-state index in [0.717, 1.165) is 6.92 Å². The molecule has 1 amide bonds. The number of hydrogen-bond donors (Lipinski definition) is 6. The number of rotatable bonds is 4. The van der Waals surface area contributed by atoms with Gasteiger partial charge in [-0.15, -0.1) is 0 Å². The minimum Gasteiger partial charge on any atom is -0.394 e. The number of nitrogens with one attached hydrogen (secondary N) is 1. The molecular formula is C8H16NO9P. The zero-order valence-corrected chi connectivity index (χ0v) is 10.8. The van der Waals surface area contributed by atoms with Crippen LogP contribution in [0.2, 0.25) is 0 Å². The predicted octanol–water partition coefficient (Wildman–Crippen LogP) is -2.96. The van der Waals surface area contributed by atoms with Crippen molar-refractivity contribution in [2.24, 2.45) is 0 Å². The Balaban J connectivity index is 2.92. The summed E-state index contributed by atoms with van der Waals surface area (Å²) in [6.07, 6.45) is -6.17. The van der Waals surface area contributed by atoms with Crippen LogP contribution in [0.15, 0.2) is 0 Å². The molecule has 0 saturated carbocycles. The largest absolute Gasteiger partial charge is 0.472 e. The molecule has 0 bridgehead atoms. The van der Waals surface area contributed by atoms with E-state index in [2.05, 4.69) is 9.84 Å². The highest BCUT2D eigenvalue weighted by Gasteiger charge is 2.47. The molecule has 1 saturated heterocycles. The quantitative estimate of drug-likeness (QED) is 0.297. The first-order valence-corrected chi connectivity index (χ1v) is 6.82. The van der Waals surface area contributed by atoms with E-state index < -0.39 is 51.0 Å². The van der Waals surface area contributed by atoms with Crippen molar-refractivity contribution >= 4 is 13.7 Å². The fraction of sp³-hybridized carbons (Fsp3) is 0.875. The Hall–Kier alpha value is -0.580. The molecule has 0 radical (unpaired) electrons. The van der Waals surface area contributed by atoms with Crippen LogP contribution in [0, 0.1) is 0 Å². The van der Waals surface area contributed by atoms with Crippen molar-refractivity contribution in [1.29, 1.82) is 0 Å². The lowest BCUT2D eigenvalue weighted by atomic mass is 9.97. The van der Waals surface area contributed by atoms with E-state index >= 15 is 0 Å². The third kappa shape index (κ3) is 4.48. The fourth-order valence-electron chi connectivity index (χ4n) is 1.70. The maximum absolute atomic E-state index is 11.0. The summed E-state index contributed by atoms with van der Waals surface area (Å²) in [4.78, 5) is 28.4. The maximum Gasteiger partial charge on any atom is 0.472 e. The lowest BCUT2D eigenvalue weighted by Gasteiger charge is -2.41. The number of phosphoric ester groups is 1. The van der Waals surface area contributed by atoms with Gasteiger partial charge in [0.1, 0.15) is 24.4 Å². The predicted molar refractivity (Wildman–Crippen MR) is 58.5 cm³/mol. The number of carbonyl (C=O) groups is 1. The lowest BCUT2D eigenvalue weighted by molar-refractivity contribution is -0.248. The molecule has 5 atom stereocenters. The Bertz CT molecular complexity index is 371. The Morgan fingerprint density at radius 2 is 1.95 bits per heavy atom. The number of ether oxygens (including phenoxy) is 1. The Labute approximate surface area is 108 Å². The zero-order chi connectivity index (χ0) is 14.8. The van der Waals surface area contributed by atoms with Gasteiger partial charge in [-0.1, -0.05) is 0 Å². The van der Waals surface area contributed by atoms with Crippen molar-refractivity contribution < 1.29 is 43.7 Å². The summed E-state index contributed by atoms with van der Waals surface area (Å²) in [6, 6.07) is -1.39. The summed E-state index contributed by atoms with van der Waals surface area (Å²) in [6.45, 7) is 0.401. The molecular weight excluding hydrogens is 285 g/mol. The Morgan fingerprint density at radius 3 is 2.37 bits per heavy atom. The first-order chi connectivity index (χ1) is 8.65. The van der Waals surface area contributed by atoms with Gasteiger partial charge in [-0.3, -0.25) is 9.32 Å². The van der Waals surface area contributed by atoms with Crippen molar-refractivity contribution in [1.82, 2.24) is 5.32 Å². The third-order valence-electron chi connectivity index (χ3n) is 2.49. The van der Waals surface area contributed by atoms with E-state index in [9.17, 15) is 19.6 Å². The van der Waals surface area contributed by atoms with Gasteiger partial charge in [0.2, 0.25) is 5.91 Å². The molecule has 1 heterocycles. The second-order valence-electron chi connectivity index (χ2n) is 4.03. The van der Waals surface area contributed by atoms with Gasteiger partial charge in [-0.25, -0.2) is 4.57 Å². The average molecular weight is 301 g/mol. The van der Waals surface area contributed by atoms with Gasteiger partial charge in [0, 0.05) is 6.92 Å². The molecule has 1 aliphatic heterocycles. The second kappa shape index (κ2) is 6.25. The number of carbonyl (C=O) groups excluding carboxylic acids is 1. The molecule has 19 heavy (non-hydrogen) atoms. The van der Waals surface area contributed by atoms with Crippen LogP contribution in [0.1, 0.15) is 6.92 Å². The number of aliphatic hydroxyl groups excluding tert-OH is 3. The van der Waals surface area contributed by atoms with Crippen LogP contribution < -0.4 is 5.32 Å². The topological polar surface area (TPSA) is 166 Å². The first kappa shape index (κ1) is 16.5. The summed E-state index contributed by atoms with van der Waals surface area (Å²) in [5.74, 6) is -0.624. The molecule has 1 fully saturated rings. The minimum atomic E-state index is -4.95. The SMILES string of the molecule is CC(=O)N[C@@H]1[C@H](OP(=O)(O)O)O[C@H](CO)[C@H](O)[C@H]1O. The molecule has 1 rings (SSSR count). The summed E-state index contributed by atoms with van der Waals surface area (Å²) in [5, 5.41) is 30.5. The molecule has 0 aromatic carbocycles. The van der Waals surface area contributed by atoms with Crippen molar-refractivity contribution in [2.75, 3.05) is 6.61 Å². The van der Waals surface area contributed by atoms with E-state index in [1.165, 1.54) is 0 Å². The summed E-state index contributed by atoms with van der Waals surface area (Å²) in [7, 11) is -4.95. The molecule has 0 spiro atoms. The van der Waals surface area contributed by atoms with Crippen molar-refractivity contribution in [2.45, 2.75) is 37.6 Å². The highest BCUT2D eigenvalue weighted by molar-refractivity contribution is 7.46. The first-order valence-electron chi connectivity index (χ1n) is 5.29. The molecule has 0 aliphatic carbocycles. The van der Waals surface area contributed by atoms with Crippen molar-refractivity contribution in [3.8, 4) is 0 Å². The normalized spacial score (nSPS) is 36.0. The number of amides is 1. The zero-order valence-electron chi connectivity index (χ0n) is 9.91. The van der Waals surface area contributed by atoms with Crippen molar-refractivity contribution in [3.05, 3.63) is 0 Å². The number of hydrogen-bond acceptors (Lipinski definition) is 7. The molecule has 11 heteroatoms. The standard InChI is InChI=1S/C8H16NO9P/c1-3(11)9-5-7(13)6(12)4(2-10)17-8(5)18-19(14,15)16/h4-8,10,12-13H,2H2,1H3,(H,9,11)(H2,14,15,16)/t4-,5+,6+,7+,8+/m1/s1. The molecule has 0 aromatic rings.